The van der Waals surface area contributed by atoms with Crippen molar-refractivity contribution in [1.82, 2.24) is 15.0 Å². The fourth-order valence-corrected chi connectivity index (χ4v) is 3.84. The number of rotatable bonds is 7. The molecule has 0 aliphatic carbocycles. The van der Waals surface area contributed by atoms with Crippen molar-refractivity contribution in [2.75, 3.05) is 13.2 Å². The predicted molar refractivity (Wildman–Crippen MR) is 103 cm³/mol. The van der Waals surface area contributed by atoms with Gasteiger partial charge >= 0.3 is 0 Å². The van der Waals surface area contributed by atoms with E-state index in [0.717, 1.165) is 17.7 Å². The van der Waals surface area contributed by atoms with Crippen LogP contribution in [0.3, 0.4) is 0 Å². The summed E-state index contributed by atoms with van der Waals surface area (Å²) in [5.41, 5.74) is 0.869. The van der Waals surface area contributed by atoms with Crippen LogP contribution in [0, 0.1) is 0 Å². The van der Waals surface area contributed by atoms with Gasteiger partial charge in [0.1, 0.15) is 5.75 Å². The second kappa shape index (κ2) is 7.92. The predicted octanol–water partition coefficient (Wildman–Crippen LogP) is 4.10. The molecule has 3 aromatic rings. The average Bonchev–Trinajstić information content (AvgIpc) is 3.43. The lowest BCUT2D eigenvalue weighted by Gasteiger charge is -2.14. The van der Waals surface area contributed by atoms with Crippen LogP contribution in [0.1, 0.15) is 36.5 Å². The molecule has 3 heterocycles. The molecule has 0 radical (unpaired) electrons. The lowest BCUT2D eigenvalue weighted by molar-refractivity contribution is -0.128. The Hall–Kier alpha value is -2.67. The number of thiophene rings is 1. The van der Waals surface area contributed by atoms with Crippen molar-refractivity contribution in [1.29, 1.82) is 0 Å². The van der Waals surface area contributed by atoms with Gasteiger partial charge in [0.05, 0.1) is 19.1 Å². The van der Waals surface area contributed by atoms with Crippen LogP contribution in [0.5, 0.6) is 5.75 Å². The Morgan fingerprint density at radius 3 is 2.89 bits per heavy atom. The molecule has 1 aliphatic rings. The molecule has 1 unspecified atom stereocenters. The van der Waals surface area contributed by atoms with E-state index in [1.54, 1.807) is 11.3 Å². The monoisotopic (exact) mass is 383 g/mol. The Morgan fingerprint density at radius 1 is 1.30 bits per heavy atom. The van der Waals surface area contributed by atoms with Crippen molar-refractivity contribution < 1.29 is 14.1 Å². The Kier molecular flexibility index (Phi) is 5.20. The zero-order valence-corrected chi connectivity index (χ0v) is 15.9. The van der Waals surface area contributed by atoms with Crippen LogP contribution in [-0.2, 0) is 11.3 Å². The minimum atomic E-state index is -0.0501. The summed E-state index contributed by atoms with van der Waals surface area (Å²) in [6.45, 7) is 4.03. The number of hydrogen-bond donors (Lipinski definition) is 0. The first-order valence-corrected chi connectivity index (χ1v) is 9.98. The third-order valence-electron chi connectivity index (χ3n) is 4.52. The van der Waals surface area contributed by atoms with E-state index in [2.05, 4.69) is 17.1 Å². The molecule has 7 heteroatoms. The highest BCUT2D eigenvalue weighted by Gasteiger charge is 2.34. The molecule has 1 fully saturated rings. The van der Waals surface area contributed by atoms with Crippen LogP contribution in [-0.4, -0.2) is 34.1 Å². The minimum Gasteiger partial charge on any atom is -0.494 e. The molecule has 1 atom stereocenters. The molecule has 27 heavy (non-hydrogen) atoms. The molecule has 1 aliphatic heterocycles. The molecule has 4 rings (SSSR count). The van der Waals surface area contributed by atoms with E-state index in [1.165, 1.54) is 4.88 Å². The van der Waals surface area contributed by atoms with Crippen LogP contribution >= 0.6 is 11.3 Å². The fraction of sp³-hybridized carbons (Fsp3) is 0.350. The maximum atomic E-state index is 12.3. The number of carbonyl (C=O) groups excluding carboxylic acids is 1. The largest absolute Gasteiger partial charge is 0.494 e. The smallest absolute Gasteiger partial charge is 0.232 e. The van der Waals surface area contributed by atoms with E-state index < -0.39 is 0 Å². The maximum Gasteiger partial charge on any atom is 0.232 e. The number of ether oxygens (including phenoxy) is 1. The van der Waals surface area contributed by atoms with Gasteiger partial charge in [-0.15, -0.1) is 11.3 Å². The Labute approximate surface area is 161 Å². The molecule has 0 N–H and O–H groups in total. The van der Waals surface area contributed by atoms with Crippen molar-refractivity contribution in [3.8, 4) is 17.1 Å². The summed E-state index contributed by atoms with van der Waals surface area (Å²) in [5, 5.41) is 6.12. The highest BCUT2D eigenvalue weighted by molar-refractivity contribution is 7.09. The van der Waals surface area contributed by atoms with Gasteiger partial charge in [-0.25, -0.2) is 0 Å². The number of nitrogens with zero attached hydrogens (tertiary/aromatic N) is 3. The summed E-state index contributed by atoms with van der Waals surface area (Å²) < 4.78 is 11.1. The normalized spacial score (nSPS) is 16.9. The molecule has 140 valence electrons. The number of carbonyl (C=O) groups is 1. The average molecular weight is 383 g/mol. The third kappa shape index (κ3) is 4.03. The summed E-state index contributed by atoms with van der Waals surface area (Å²) in [5.74, 6) is 1.97. The maximum absolute atomic E-state index is 12.3. The summed E-state index contributed by atoms with van der Waals surface area (Å²) >= 11 is 1.66. The number of aromatic nitrogens is 2. The van der Waals surface area contributed by atoms with Crippen LogP contribution in [0.4, 0.5) is 0 Å². The summed E-state index contributed by atoms with van der Waals surface area (Å²) in [6, 6.07) is 11.7. The molecule has 1 saturated heterocycles. The van der Waals surface area contributed by atoms with E-state index in [1.807, 2.05) is 46.7 Å². The lowest BCUT2D eigenvalue weighted by Crippen LogP contribution is -2.23. The van der Waals surface area contributed by atoms with Gasteiger partial charge < -0.3 is 14.2 Å². The standard InChI is InChI=1S/C20H21N3O3S/c1-2-9-25-16-7-5-14(6-8-16)19-21-20(26-22-19)15-11-18(24)23(12-15)13-17-4-3-10-27-17/h3-8,10,15H,2,9,11-13H2,1H3. The quantitative estimate of drug-likeness (QED) is 0.614. The Balaban J connectivity index is 1.42. The first kappa shape index (κ1) is 17.7. The van der Waals surface area contributed by atoms with E-state index in [-0.39, 0.29) is 11.8 Å². The van der Waals surface area contributed by atoms with Gasteiger partial charge in [0.25, 0.3) is 0 Å². The third-order valence-corrected chi connectivity index (χ3v) is 5.38. The second-order valence-corrected chi connectivity index (χ2v) is 7.62. The fourth-order valence-electron chi connectivity index (χ4n) is 3.12. The summed E-state index contributed by atoms with van der Waals surface area (Å²) in [4.78, 5) is 19.9. The number of likely N-dealkylation sites (tertiary alicyclic amines) is 1. The van der Waals surface area contributed by atoms with Crippen molar-refractivity contribution in [3.05, 3.63) is 52.5 Å². The molecule has 0 saturated carbocycles. The number of hydrogen-bond acceptors (Lipinski definition) is 6. The van der Waals surface area contributed by atoms with E-state index in [4.69, 9.17) is 9.26 Å². The lowest BCUT2D eigenvalue weighted by atomic mass is 10.1. The first-order valence-electron chi connectivity index (χ1n) is 9.10. The number of amides is 1. The molecular formula is C20H21N3O3S. The van der Waals surface area contributed by atoms with Crippen LogP contribution in [0.15, 0.2) is 46.3 Å². The molecule has 6 nitrogen and oxygen atoms in total. The van der Waals surface area contributed by atoms with Gasteiger partial charge in [0.15, 0.2) is 0 Å². The van der Waals surface area contributed by atoms with Gasteiger partial charge in [-0.3, -0.25) is 4.79 Å². The van der Waals surface area contributed by atoms with Gasteiger partial charge in [-0.2, -0.15) is 4.98 Å². The van der Waals surface area contributed by atoms with E-state index >= 15 is 0 Å². The SMILES string of the molecule is CCCOc1ccc(-c2noc(C3CC(=O)N(Cc4cccs4)C3)n2)cc1. The highest BCUT2D eigenvalue weighted by atomic mass is 32.1. The molecule has 1 amide bonds. The van der Waals surface area contributed by atoms with Crippen molar-refractivity contribution in [2.45, 2.75) is 32.2 Å². The van der Waals surface area contributed by atoms with Crippen molar-refractivity contribution in [2.24, 2.45) is 0 Å². The van der Waals surface area contributed by atoms with E-state index in [0.29, 0.717) is 37.8 Å². The van der Waals surface area contributed by atoms with Crippen molar-refractivity contribution in [3.63, 3.8) is 0 Å². The molecule has 1 aromatic carbocycles. The number of benzene rings is 1. The molecular weight excluding hydrogens is 362 g/mol. The van der Waals surface area contributed by atoms with Crippen LogP contribution < -0.4 is 4.74 Å². The molecule has 2 aromatic heterocycles. The van der Waals surface area contributed by atoms with Gasteiger partial charge in [0.2, 0.25) is 17.6 Å². The van der Waals surface area contributed by atoms with Crippen LogP contribution in [0.2, 0.25) is 0 Å². The second-order valence-electron chi connectivity index (χ2n) is 6.58. The van der Waals surface area contributed by atoms with Gasteiger partial charge in [0, 0.05) is 23.4 Å². The molecule has 0 spiro atoms. The molecule has 0 bridgehead atoms. The highest BCUT2D eigenvalue weighted by Crippen LogP contribution is 2.30. The van der Waals surface area contributed by atoms with Gasteiger partial charge in [-0.05, 0) is 42.1 Å². The Bertz CT molecular complexity index is 890. The first-order chi connectivity index (χ1) is 13.2. The minimum absolute atomic E-state index is 0.0501. The zero-order chi connectivity index (χ0) is 18.6. The Morgan fingerprint density at radius 2 is 2.15 bits per heavy atom. The van der Waals surface area contributed by atoms with Crippen LogP contribution in [0.25, 0.3) is 11.4 Å². The van der Waals surface area contributed by atoms with E-state index in [9.17, 15) is 4.79 Å². The summed E-state index contributed by atoms with van der Waals surface area (Å²) in [6.07, 6.45) is 1.39. The van der Waals surface area contributed by atoms with Crippen molar-refractivity contribution >= 4 is 17.2 Å². The van der Waals surface area contributed by atoms with Gasteiger partial charge in [-0.1, -0.05) is 18.1 Å². The topological polar surface area (TPSA) is 68.5 Å². The summed E-state index contributed by atoms with van der Waals surface area (Å²) in [7, 11) is 0. The zero-order valence-electron chi connectivity index (χ0n) is 15.1.